The Balaban J connectivity index is 3.46. The van der Waals surface area contributed by atoms with Gasteiger partial charge >= 0.3 is 5.97 Å². The highest BCUT2D eigenvalue weighted by Gasteiger charge is 2.14. The molecule has 0 saturated heterocycles. The Bertz CT molecular complexity index is 117. The van der Waals surface area contributed by atoms with Crippen LogP contribution in [0.3, 0.4) is 0 Å². The van der Waals surface area contributed by atoms with Gasteiger partial charge < -0.3 is 4.74 Å². The molecule has 11 heavy (non-hydrogen) atoms. The van der Waals surface area contributed by atoms with Crippen LogP contribution >= 0.6 is 31.9 Å². The third-order valence-electron chi connectivity index (χ3n) is 1.13. The van der Waals surface area contributed by atoms with Crippen LogP contribution < -0.4 is 0 Å². The fraction of sp³-hybridized carbons (Fsp3) is 0.857. The van der Waals surface area contributed by atoms with Gasteiger partial charge in [0.1, 0.15) is 4.83 Å². The number of halogens is 2. The molecule has 0 rings (SSSR count). The molecule has 4 heteroatoms. The summed E-state index contributed by atoms with van der Waals surface area (Å²) in [6, 6.07) is 0. The first kappa shape index (κ1) is 11.4. The predicted octanol–water partition coefficient (Wildman–Crippen LogP) is 2.49. The molecule has 0 heterocycles. The Labute approximate surface area is 83.9 Å². The second kappa shape index (κ2) is 7.10. The number of ether oxygens (including phenoxy) is 1. The molecule has 0 amide bonds. The van der Waals surface area contributed by atoms with E-state index in [9.17, 15) is 4.79 Å². The SMILES string of the molecule is CCOC(=O)[C@@H](Br)CCCBr. The number of hydrogen-bond donors (Lipinski definition) is 0. The van der Waals surface area contributed by atoms with Gasteiger partial charge in [0.2, 0.25) is 0 Å². The summed E-state index contributed by atoms with van der Waals surface area (Å²) in [5.41, 5.74) is 0. The molecule has 1 atom stereocenters. The Morgan fingerprint density at radius 3 is 2.73 bits per heavy atom. The summed E-state index contributed by atoms with van der Waals surface area (Å²) < 4.78 is 4.80. The van der Waals surface area contributed by atoms with Gasteiger partial charge in [0.05, 0.1) is 6.61 Å². The van der Waals surface area contributed by atoms with Crippen LogP contribution in [-0.4, -0.2) is 22.7 Å². The molecule has 0 fully saturated rings. The number of carbonyl (C=O) groups excluding carboxylic acids is 1. The topological polar surface area (TPSA) is 26.3 Å². The molecule has 2 nitrogen and oxygen atoms in total. The molecule has 0 unspecified atom stereocenters. The van der Waals surface area contributed by atoms with Gasteiger partial charge in [0.15, 0.2) is 0 Å². The van der Waals surface area contributed by atoms with Gasteiger partial charge in [-0.25, -0.2) is 0 Å². The fourth-order valence-corrected chi connectivity index (χ4v) is 1.39. The summed E-state index contributed by atoms with van der Waals surface area (Å²) in [5.74, 6) is -0.159. The molecular formula is C7H12Br2O2. The zero-order chi connectivity index (χ0) is 8.69. The van der Waals surface area contributed by atoms with E-state index in [1.54, 1.807) is 0 Å². The van der Waals surface area contributed by atoms with Crippen molar-refractivity contribution in [3.63, 3.8) is 0 Å². The van der Waals surface area contributed by atoms with E-state index in [0.29, 0.717) is 6.61 Å². The smallest absolute Gasteiger partial charge is 0.319 e. The van der Waals surface area contributed by atoms with Crippen LogP contribution in [0.2, 0.25) is 0 Å². The summed E-state index contributed by atoms with van der Waals surface area (Å²) in [5, 5.41) is 0.925. The molecule has 0 aliphatic carbocycles. The van der Waals surface area contributed by atoms with Gasteiger partial charge in [-0.15, -0.1) is 0 Å². The van der Waals surface area contributed by atoms with Gasteiger partial charge in [-0.05, 0) is 19.8 Å². The minimum atomic E-state index is -0.159. The average Bonchev–Trinajstić information content (AvgIpc) is 2.00. The largest absolute Gasteiger partial charge is 0.465 e. The maximum atomic E-state index is 11.0. The number of alkyl halides is 2. The number of rotatable bonds is 5. The molecule has 0 aliphatic heterocycles. The minimum Gasteiger partial charge on any atom is -0.465 e. The van der Waals surface area contributed by atoms with E-state index in [1.807, 2.05) is 6.92 Å². The first-order valence-electron chi connectivity index (χ1n) is 3.59. The normalized spacial score (nSPS) is 12.6. The highest BCUT2D eigenvalue weighted by molar-refractivity contribution is 9.10. The lowest BCUT2D eigenvalue weighted by molar-refractivity contribution is -0.142. The molecule has 0 aromatic carbocycles. The van der Waals surface area contributed by atoms with Crippen LogP contribution in [0.25, 0.3) is 0 Å². The quantitative estimate of drug-likeness (QED) is 0.574. The van der Waals surface area contributed by atoms with Crippen molar-refractivity contribution in [2.75, 3.05) is 11.9 Å². The zero-order valence-corrected chi connectivity index (χ0v) is 9.65. The highest BCUT2D eigenvalue weighted by atomic mass is 79.9. The number of hydrogen-bond acceptors (Lipinski definition) is 2. The van der Waals surface area contributed by atoms with Crippen LogP contribution in [0.15, 0.2) is 0 Å². The second-order valence-electron chi connectivity index (χ2n) is 2.05. The van der Waals surface area contributed by atoms with Crippen molar-refractivity contribution in [1.29, 1.82) is 0 Å². The summed E-state index contributed by atoms with van der Waals surface area (Å²) in [6.07, 6.45) is 1.80. The van der Waals surface area contributed by atoms with Crippen molar-refractivity contribution in [3.8, 4) is 0 Å². The lowest BCUT2D eigenvalue weighted by atomic mass is 10.2. The molecule has 0 aliphatic rings. The molecule has 0 aromatic rings. The highest BCUT2D eigenvalue weighted by Crippen LogP contribution is 2.10. The maximum Gasteiger partial charge on any atom is 0.319 e. The van der Waals surface area contributed by atoms with Crippen LogP contribution in [0.4, 0.5) is 0 Å². The molecule has 66 valence electrons. The van der Waals surface area contributed by atoms with Crippen molar-refractivity contribution in [1.82, 2.24) is 0 Å². The van der Waals surface area contributed by atoms with Gasteiger partial charge in [-0.3, -0.25) is 4.79 Å². The molecule has 0 saturated carbocycles. The minimum absolute atomic E-state index is 0.139. The molecule has 0 radical (unpaired) electrons. The van der Waals surface area contributed by atoms with E-state index in [1.165, 1.54) is 0 Å². The Kier molecular flexibility index (Phi) is 7.38. The van der Waals surface area contributed by atoms with E-state index in [-0.39, 0.29) is 10.8 Å². The van der Waals surface area contributed by atoms with E-state index in [4.69, 9.17) is 4.74 Å². The van der Waals surface area contributed by atoms with Crippen molar-refractivity contribution in [3.05, 3.63) is 0 Å². The van der Waals surface area contributed by atoms with Crippen LogP contribution in [-0.2, 0) is 9.53 Å². The van der Waals surface area contributed by atoms with Gasteiger partial charge in [-0.1, -0.05) is 31.9 Å². The molecule has 0 aromatic heterocycles. The average molecular weight is 288 g/mol. The van der Waals surface area contributed by atoms with Gasteiger partial charge in [0, 0.05) is 5.33 Å². The lowest BCUT2D eigenvalue weighted by Crippen LogP contribution is -2.17. The van der Waals surface area contributed by atoms with E-state index in [2.05, 4.69) is 31.9 Å². The first-order valence-corrected chi connectivity index (χ1v) is 5.62. The molecular weight excluding hydrogens is 276 g/mol. The Hall–Kier alpha value is 0.430. The van der Waals surface area contributed by atoms with Crippen LogP contribution in [0.5, 0.6) is 0 Å². The van der Waals surface area contributed by atoms with Crippen molar-refractivity contribution in [2.24, 2.45) is 0 Å². The summed E-state index contributed by atoms with van der Waals surface area (Å²) in [6.45, 7) is 2.26. The Morgan fingerprint density at radius 2 is 2.27 bits per heavy atom. The lowest BCUT2D eigenvalue weighted by Gasteiger charge is -2.06. The zero-order valence-electron chi connectivity index (χ0n) is 6.48. The Morgan fingerprint density at radius 1 is 1.64 bits per heavy atom. The monoisotopic (exact) mass is 286 g/mol. The summed E-state index contributed by atoms with van der Waals surface area (Å²) in [7, 11) is 0. The van der Waals surface area contributed by atoms with Gasteiger partial charge in [0.25, 0.3) is 0 Å². The van der Waals surface area contributed by atoms with Crippen molar-refractivity contribution in [2.45, 2.75) is 24.6 Å². The third-order valence-corrected chi connectivity index (χ3v) is 2.53. The molecule has 0 N–H and O–H groups in total. The standard InChI is InChI=1S/C7H12Br2O2/c1-2-11-7(10)6(9)4-3-5-8/h6H,2-5H2,1H3/t6-/m0/s1. The van der Waals surface area contributed by atoms with Gasteiger partial charge in [-0.2, -0.15) is 0 Å². The molecule has 0 bridgehead atoms. The summed E-state index contributed by atoms with van der Waals surface area (Å²) >= 11 is 6.54. The fourth-order valence-electron chi connectivity index (χ4n) is 0.607. The van der Waals surface area contributed by atoms with E-state index in [0.717, 1.165) is 18.2 Å². The van der Waals surface area contributed by atoms with E-state index < -0.39 is 0 Å². The van der Waals surface area contributed by atoms with E-state index >= 15 is 0 Å². The summed E-state index contributed by atoms with van der Waals surface area (Å²) in [4.78, 5) is 10.8. The van der Waals surface area contributed by atoms with Crippen molar-refractivity contribution >= 4 is 37.8 Å². The second-order valence-corrected chi connectivity index (χ2v) is 3.95. The van der Waals surface area contributed by atoms with Crippen LogP contribution in [0.1, 0.15) is 19.8 Å². The predicted molar refractivity (Wildman–Crippen MR) is 52.4 cm³/mol. The number of esters is 1. The third kappa shape index (κ3) is 5.67. The number of carbonyl (C=O) groups is 1. The maximum absolute atomic E-state index is 11.0. The molecule has 0 spiro atoms. The van der Waals surface area contributed by atoms with Crippen molar-refractivity contribution < 1.29 is 9.53 Å². The van der Waals surface area contributed by atoms with Crippen LogP contribution in [0, 0.1) is 0 Å². The first-order chi connectivity index (χ1) is 5.22.